The van der Waals surface area contributed by atoms with Gasteiger partial charge in [0.15, 0.2) is 0 Å². The van der Waals surface area contributed by atoms with Gasteiger partial charge in [0.2, 0.25) is 5.91 Å². The molecule has 0 bridgehead atoms. The lowest BCUT2D eigenvalue weighted by atomic mass is 10.2. The fourth-order valence-corrected chi connectivity index (χ4v) is 3.96. The van der Waals surface area contributed by atoms with Crippen molar-refractivity contribution >= 4 is 46.6 Å². The maximum atomic E-state index is 12.2. The van der Waals surface area contributed by atoms with Gasteiger partial charge in [0, 0.05) is 30.7 Å². The molecular weight excluding hydrogens is 331 g/mol. The maximum absolute atomic E-state index is 12.2. The van der Waals surface area contributed by atoms with Crippen LogP contribution in [0.3, 0.4) is 0 Å². The fraction of sp³-hybridized carbons (Fsp3) is 0.500. The first-order chi connectivity index (χ1) is 10.1. The van der Waals surface area contributed by atoms with Gasteiger partial charge in [-0.3, -0.25) is 9.69 Å². The molecule has 0 radical (unpaired) electrons. The zero-order chi connectivity index (χ0) is 15.2. The van der Waals surface area contributed by atoms with E-state index in [4.69, 9.17) is 28.3 Å². The molecule has 1 aliphatic rings. The maximum Gasteiger partial charge on any atom is 0.238 e. The lowest BCUT2D eigenvalue weighted by Gasteiger charge is -2.34. The highest BCUT2D eigenvalue weighted by Gasteiger charge is 2.24. The number of rotatable bonds is 5. The second kappa shape index (κ2) is 8.25. The summed E-state index contributed by atoms with van der Waals surface area (Å²) in [7, 11) is 0. The molecule has 2 N–H and O–H groups in total. The van der Waals surface area contributed by atoms with E-state index in [2.05, 4.69) is 10.2 Å². The lowest BCUT2D eigenvalue weighted by Crippen LogP contribution is -2.46. The summed E-state index contributed by atoms with van der Waals surface area (Å²) in [4.78, 5) is 14.3. The zero-order valence-corrected chi connectivity index (χ0v) is 13.8. The molecule has 1 unspecified atom stereocenters. The molecule has 1 atom stereocenters. The number of benzene rings is 1. The van der Waals surface area contributed by atoms with Gasteiger partial charge in [-0.05, 0) is 18.6 Å². The third-order valence-electron chi connectivity index (χ3n) is 3.39. The van der Waals surface area contributed by atoms with E-state index in [1.807, 2.05) is 11.8 Å². The van der Waals surface area contributed by atoms with Gasteiger partial charge in [-0.2, -0.15) is 11.8 Å². The summed E-state index contributed by atoms with van der Waals surface area (Å²) in [5, 5.41) is 12.7. The number of halogens is 2. The van der Waals surface area contributed by atoms with Gasteiger partial charge >= 0.3 is 0 Å². The van der Waals surface area contributed by atoms with E-state index in [-0.39, 0.29) is 25.1 Å². The number of aliphatic hydroxyl groups excluding tert-OH is 1. The van der Waals surface area contributed by atoms with Crippen molar-refractivity contribution in [1.29, 1.82) is 0 Å². The van der Waals surface area contributed by atoms with Crippen molar-refractivity contribution in [2.24, 2.45) is 0 Å². The molecule has 116 valence electrons. The molecule has 21 heavy (non-hydrogen) atoms. The molecule has 1 aromatic rings. The minimum atomic E-state index is -0.139. The highest BCUT2D eigenvalue weighted by Crippen LogP contribution is 2.29. The van der Waals surface area contributed by atoms with E-state index >= 15 is 0 Å². The molecule has 1 heterocycles. The van der Waals surface area contributed by atoms with Crippen LogP contribution >= 0.6 is 35.0 Å². The average Bonchev–Trinajstić information content (AvgIpc) is 2.45. The standard InChI is InChI=1S/C14H18Cl2N2O2S/c15-11-2-1-3-12(16)14(11)17-13(20)8-18-5-7-21-9-10(18)4-6-19/h1-3,10,19H,4-9H2,(H,17,20). The van der Waals surface area contributed by atoms with Crippen LogP contribution in [0.25, 0.3) is 0 Å². The highest BCUT2D eigenvalue weighted by atomic mass is 35.5. The first-order valence-electron chi connectivity index (χ1n) is 6.78. The lowest BCUT2D eigenvalue weighted by molar-refractivity contribution is -0.117. The number of carbonyl (C=O) groups excluding carboxylic acids is 1. The number of aliphatic hydroxyl groups is 1. The van der Waals surface area contributed by atoms with Gasteiger partial charge in [-0.1, -0.05) is 29.3 Å². The van der Waals surface area contributed by atoms with Crippen molar-refractivity contribution in [2.75, 3.05) is 36.5 Å². The Balaban J connectivity index is 1.97. The molecule has 0 aromatic heterocycles. The van der Waals surface area contributed by atoms with Crippen LogP contribution in [0, 0.1) is 0 Å². The third-order valence-corrected chi connectivity index (χ3v) is 5.11. The summed E-state index contributed by atoms with van der Waals surface area (Å²) in [6.07, 6.45) is 0.688. The van der Waals surface area contributed by atoms with E-state index in [0.29, 0.717) is 22.2 Å². The molecule has 0 aliphatic carbocycles. The molecule has 1 amide bonds. The first kappa shape index (κ1) is 16.9. The van der Waals surface area contributed by atoms with Crippen molar-refractivity contribution in [3.63, 3.8) is 0 Å². The second-order valence-corrected chi connectivity index (χ2v) is 6.82. The van der Waals surface area contributed by atoms with Gasteiger partial charge < -0.3 is 10.4 Å². The Hall–Kier alpha value is -0.460. The number of para-hydroxylation sites is 1. The Morgan fingerprint density at radius 1 is 1.43 bits per heavy atom. The van der Waals surface area contributed by atoms with E-state index in [1.54, 1.807) is 18.2 Å². The molecule has 1 aliphatic heterocycles. The smallest absolute Gasteiger partial charge is 0.238 e. The van der Waals surface area contributed by atoms with Crippen LogP contribution in [0.1, 0.15) is 6.42 Å². The first-order valence-corrected chi connectivity index (χ1v) is 8.69. The topological polar surface area (TPSA) is 52.6 Å². The summed E-state index contributed by atoms with van der Waals surface area (Å²) in [5.41, 5.74) is 0.455. The summed E-state index contributed by atoms with van der Waals surface area (Å²) >= 11 is 13.9. The van der Waals surface area contributed by atoms with Gasteiger partial charge in [0.1, 0.15) is 0 Å². The van der Waals surface area contributed by atoms with Crippen LogP contribution < -0.4 is 5.32 Å². The molecule has 1 saturated heterocycles. The van der Waals surface area contributed by atoms with Crippen molar-refractivity contribution < 1.29 is 9.90 Å². The Morgan fingerprint density at radius 2 is 2.14 bits per heavy atom. The Kier molecular flexibility index (Phi) is 6.64. The largest absolute Gasteiger partial charge is 0.396 e. The SMILES string of the molecule is O=C(CN1CCSCC1CCO)Nc1c(Cl)cccc1Cl. The fourth-order valence-electron chi connectivity index (χ4n) is 2.29. The monoisotopic (exact) mass is 348 g/mol. The molecule has 2 rings (SSSR count). The van der Waals surface area contributed by atoms with Gasteiger partial charge in [-0.15, -0.1) is 0 Å². The quantitative estimate of drug-likeness (QED) is 0.858. The summed E-state index contributed by atoms with van der Waals surface area (Å²) < 4.78 is 0. The minimum absolute atomic E-state index is 0.139. The molecule has 0 spiro atoms. The van der Waals surface area contributed by atoms with Gasteiger partial charge in [0.05, 0.1) is 22.3 Å². The Bertz CT molecular complexity index is 480. The molecule has 4 nitrogen and oxygen atoms in total. The van der Waals surface area contributed by atoms with Crippen molar-refractivity contribution in [1.82, 2.24) is 4.90 Å². The number of thioether (sulfide) groups is 1. The summed E-state index contributed by atoms with van der Waals surface area (Å²) in [6, 6.07) is 5.35. The second-order valence-electron chi connectivity index (χ2n) is 4.86. The van der Waals surface area contributed by atoms with Crippen LogP contribution in [0.15, 0.2) is 18.2 Å². The summed E-state index contributed by atoms with van der Waals surface area (Å²) in [6.45, 7) is 1.27. The van der Waals surface area contributed by atoms with Crippen LogP contribution in [-0.2, 0) is 4.79 Å². The van der Waals surface area contributed by atoms with Gasteiger partial charge in [0.25, 0.3) is 0 Å². The predicted molar refractivity (Wildman–Crippen MR) is 89.5 cm³/mol. The molecular formula is C14H18Cl2N2O2S. The minimum Gasteiger partial charge on any atom is -0.396 e. The van der Waals surface area contributed by atoms with Crippen LogP contribution in [0.2, 0.25) is 10.0 Å². The van der Waals surface area contributed by atoms with Crippen LogP contribution in [0.5, 0.6) is 0 Å². The van der Waals surface area contributed by atoms with E-state index < -0.39 is 0 Å². The predicted octanol–water partition coefficient (Wildman–Crippen LogP) is 2.73. The number of nitrogens with zero attached hydrogens (tertiary/aromatic N) is 1. The van der Waals surface area contributed by atoms with E-state index in [9.17, 15) is 4.79 Å². The van der Waals surface area contributed by atoms with Crippen molar-refractivity contribution in [3.8, 4) is 0 Å². The molecule has 1 aromatic carbocycles. The zero-order valence-electron chi connectivity index (χ0n) is 11.5. The molecule has 7 heteroatoms. The Labute approximate surface area is 138 Å². The normalized spacial score (nSPS) is 19.5. The summed E-state index contributed by atoms with van der Waals surface area (Å²) in [5.74, 6) is 1.81. The number of amides is 1. The third kappa shape index (κ3) is 4.76. The highest BCUT2D eigenvalue weighted by molar-refractivity contribution is 7.99. The molecule has 1 fully saturated rings. The molecule has 0 saturated carbocycles. The van der Waals surface area contributed by atoms with Crippen molar-refractivity contribution in [3.05, 3.63) is 28.2 Å². The van der Waals surface area contributed by atoms with Crippen LogP contribution in [-0.4, -0.2) is 53.2 Å². The van der Waals surface area contributed by atoms with Crippen LogP contribution in [0.4, 0.5) is 5.69 Å². The average molecular weight is 349 g/mol. The number of hydrogen-bond donors (Lipinski definition) is 2. The number of anilines is 1. The number of hydrogen-bond acceptors (Lipinski definition) is 4. The number of carbonyl (C=O) groups is 1. The Morgan fingerprint density at radius 3 is 2.81 bits per heavy atom. The van der Waals surface area contributed by atoms with Crippen molar-refractivity contribution in [2.45, 2.75) is 12.5 Å². The van der Waals surface area contributed by atoms with E-state index in [0.717, 1.165) is 18.1 Å². The van der Waals surface area contributed by atoms with Gasteiger partial charge in [-0.25, -0.2) is 0 Å². The van der Waals surface area contributed by atoms with E-state index in [1.165, 1.54) is 0 Å². The number of nitrogens with one attached hydrogen (secondary N) is 1.